The molecule has 0 spiro atoms. The Bertz CT molecular complexity index is 168. The van der Waals surface area contributed by atoms with E-state index in [9.17, 15) is 4.79 Å². The van der Waals surface area contributed by atoms with Crippen molar-refractivity contribution in [3.8, 4) is 0 Å². The molecule has 82 valence electrons. The number of ether oxygens (including phenoxy) is 1. The van der Waals surface area contributed by atoms with Crippen LogP contribution in [0, 0.1) is 0 Å². The van der Waals surface area contributed by atoms with E-state index < -0.39 is 0 Å². The lowest BCUT2D eigenvalue weighted by Gasteiger charge is -2.20. The number of methoxy groups -OCH3 is 1. The van der Waals surface area contributed by atoms with Gasteiger partial charge in [-0.2, -0.15) is 11.8 Å². The normalized spacial score (nSPS) is 21.9. The van der Waals surface area contributed by atoms with Gasteiger partial charge in [0.15, 0.2) is 0 Å². The molecule has 1 fully saturated rings. The number of carbonyl (C=O) groups is 1. The van der Waals surface area contributed by atoms with Crippen LogP contribution in [0.3, 0.4) is 0 Å². The molecule has 1 aliphatic rings. The van der Waals surface area contributed by atoms with Crippen LogP contribution >= 0.6 is 23.5 Å². The number of rotatable bonds is 5. The maximum absolute atomic E-state index is 10.8. The second-order valence-electron chi connectivity index (χ2n) is 3.43. The van der Waals surface area contributed by atoms with Gasteiger partial charge in [0.1, 0.15) is 0 Å². The molecule has 4 heteroatoms. The van der Waals surface area contributed by atoms with Crippen LogP contribution in [0.15, 0.2) is 0 Å². The maximum atomic E-state index is 10.8. The SMILES string of the molecule is COC(=O)CCCC[C@@H]1CCSCS1. The molecule has 0 amide bonds. The van der Waals surface area contributed by atoms with E-state index in [1.165, 1.54) is 30.8 Å². The van der Waals surface area contributed by atoms with Crippen molar-refractivity contribution in [2.75, 3.05) is 17.9 Å². The summed E-state index contributed by atoms with van der Waals surface area (Å²) in [5, 5.41) is 2.09. The maximum Gasteiger partial charge on any atom is 0.305 e. The van der Waals surface area contributed by atoms with Gasteiger partial charge in [-0.05, 0) is 25.0 Å². The summed E-state index contributed by atoms with van der Waals surface area (Å²) in [5.74, 6) is 1.24. The fourth-order valence-corrected chi connectivity index (χ4v) is 4.32. The molecule has 0 aromatic heterocycles. The zero-order valence-corrected chi connectivity index (χ0v) is 10.3. The molecule has 1 atom stereocenters. The highest BCUT2D eigenvalue weighted by Gasteiger charge is 2.13. The Morgan fingerprint density at radius 3 is 3.00 bits per heavy atom. The van der Waals surface area contributed by atoms with E-state index in [0.717, 1.165) is 18.1 Å². The van der Waals surface area contributed by atoms with Crippen molar-refractivity contribution in [2.24, 2.45) is 0 Å². The first kappa shape index (κ1) is 12.2. The molecule has 0 saturated carbocycles. The highest BCUT2D eigenvalue weighted by molar-refractivity contribution is 8.16. The van der Waals surface area contributed by atoms with Gasteiger partial charge in [-0.25, -0.2) is 0 Å². The zero-order chi connectivity index (χ0) is 10.2. The highest BCUT2D eigenvalue weighted by atomic mass is 32.2. The predicted octanol–water partition coefficient (Wildman–Crippen LogP) is 2.92. The number of thioether (sulfide) groups is 2. The summed E-state index contributed by atoms with van der Waals surface area (Å²) in [6.45, 7) is 0. The van der Waals surface area contributed by atoms with Crippen molar-refractivity contribution < 1.29 is 9.53 Å². The lowest BCUT2D eigenvalue weighted by Crippen LogP contribution is -2.09. The first-order chi connectivity index (χ1) is 6.83. The van der Waals surface area contributed by atoms with Crippen molar-refractivity contribution >= 4 is 29.5 Å². The Hall–Kier alpha value is 0.170. The van der Waals surface area contributed by atoms with Gasteiger partial charge < -0.3 is 4.74 Å². The number of unbranched alkanes of at least 4 members (excludes halogenated alkanes) is 1. The van der Waals surface area contributed by atoms with Gasteiger partial charge in [0.25, 0.3) is 0 Å². The first-order valence-corrected chi connectivity index (χ1v) is 7.29. The molecule has 1 rings (SSSR count). The Morgan fingerprint density at radius 2 is 2.36 bits per heavy atom. The molecule has 1 heterocycles. The minimum absolute atomic E-state index is 0.0724. The number of hydrogen-bond donors (Lipinski definition) is 0. The van der Waals surface area contributed by atoms with E-state index in [1.807, 2.05) is 11.8 Å². The van der Waals surface area contributed by atoms with Crippen molar-refractivity contribution in [1.29, 1.82) is 0 Å². The summed E-state index contributed by atoms with van der Waals surface area (Å²) in [6, 6.07) is 0. The van der Waals surface area contributed by atoms with E-state index in [-0.39, 0.29) is 5.97 Å². The topological polar surface area (TPSA) is 26.3 Å². The summed E-state index contributed by atoms with van der Waals surface area (Å²) in [7, 11) is 1.45. The van der Waals surface area contributed by atoms with Crippen molar-refractivity contribution in [2.45, 2.75) is 37.4 Å². The fraction of sp³-hybridized carbons (Fsp3) is 0.900. The van der Waals surface area contributed by atoms with Crippen molar-refractivity contribution in [1.82, 2.24) is 0 Å². The molecule has 0 radical (unpaired) electrons. The molecule has 0 aliphatic carbocycles. The van der Waals surface area contributed by atoms with Gasteiger partial charge in [0, 0.05) is 16.8 Å². The second-order valence-corrected chi connectivity index (χ2v) is 6.18. The second kappa shape index (κ2) is 7.46. The molecule has 0 aromatic carbocycles. The van der Waals surface area contributed by atoms with Gasteiger partial charge in [-0.15, -0.1) is 11.8 Å². The number of hydrogen-bond acceptors (Lipinski definition) is 4. The average molecular weight is 234 g/mol. The number of esters is 1. The van der Waals surface area contributed by atoms with Crippen LogP contribution in [0.1, 0.15) is 32.1 Å². The lowest BCUT2D eigenvalue weighted by atomic mass is 10.1. The van der Waals surface area contributed by atoms with Gasteiger partial charge in [-0.3, -0.25) is 4.79 Å². The summed E-state index contributed by atoms with van der Waals surface area (Å²) in [4.78, 5) is 10.8. The van der Waals surface area contributed by atoms with Gasteiger partial charge >= 0.3 is 5.97 Å². The summed E-state index contributed by atoms with van der Waals surface area (Å²) < 4.78 is 4.59. The fourth-order valence-electron chi connectivity index (χ4n) is 1.47. The monoisotopic (exact) mass is 234 g/mol. The molecule has 1 aliphatic heterocycles. The molecular formula is C10H18O2S2. The van der Waals surface area contributed by atoms with Crippen LogP contribution in [0.4, 0.5) is 0 Å². The van der Waals surface area contributed by atoms with E-state index in [2.05, 4.69) is 16.5 Å². The quantitative estimate of drug-likeness (QED) is 0.540. The van der Waals surface area contributed by atoms with Crippen molar-refractivity contribution in [3.05, 3.63) is 0 Å². The first-order valence-electron chi connectivity index (χ1n) is 5.09. The van der Waals surface area contributed by atoms with Crippen LogP contribution in [-0.2, 0) is 9.53 Å². The predicted molar refractivity (Wildman–Crippen MR) is 63.8 cm³/mol. The highest BCUT2D eigenvalue weighted by Crippen LogP contribution is 2.31. The van der Waals surface area contributed by atoms with Crippen LogP contribution in [0.2, 0.25) is 0 Å². The Kier molecular flexibility index (Phi) is 6.52. The molecule has 0 N–H and O–H groups in total. The molecule has 0 unspecified atom stereocenters. The minimum atomic E-state index is -0.0724. The van der Waals surface area contributed by atoms with Crippen LogP contribution in [0.25, 0.3) is 0 Å². The largest absolute Gasteiger partial charge is 0.469 e. The van der Waals surface area contributed by atoms with Gasteiger partial charge in [0.2, 0.25) is 0 Å². The van der Waals surface area contributed by atoms with Crippen LogP contribution < -0.4 is 0 Å². The van der Waals surface area contributed by atoms with E-state index in [0.29, 0.717) is 6.42 Å². The number of carbonyl (C=O) groups excluding carboxylic acids is 1. The van der Waals surface area contributed by atoms with Gasteiger partial charge in [0.05, 0.1) is 7.11 Å². The summed E-state index contributed by atoms with van der Waals surface area (Å²) in [5.41, 5.74) is 0. The average Bonchev–Trinajstić information content (AvgIpc) is 2.25. The Morgan fingerprint density at radius 1 is 1.50 bits per heavy atom. The third-order valence-corrected chi connectivity index (χ3v) is 5.03. The molecule has 1 saturated heterocycles. The molecule has 0 bridgehead atoms. The lowest BCUT2D eigenvalue weighted by molar-refractivity contribution is -0.140. The molecule has 14 heavy (non-hydrogen) atoms. The Labute approximate surface area is 94.5 Å². The van der Waals surface area contributed by atoms with E-state index in [1.54, 1.807) is 0 Å². The van der Waals surface area contributed by atoms with Crippen LogP contribution in [-0.4, -0.2) is 29.2 Å². The third kappa shape index (κ3) is 5.15. The van der Waals surface area contributed by atoms with Gasteiger partial charge in [-0.1, -0.05) is 6.42 Å². The Balaban J connectivity index is 1.94. The van der Waals surface area contributed by atoms with E-state index >= 15 is 0 Å². The third-order valence-electron chi connectivity index (χ3n) is 2.36. The molecule has 2 nitrogen and oxygen atoms in total. The molecule has 0 aromatic rings. The summed E-state index contributed by atoms with van der Waals surface area (Å²) in [6.07, 6.45) is 5.34. The summed E-state index contributed by atoms with van der Waals surface area (Å²) >= 11 is 4.11. The molecular weight excluding hydrogens is 216 g/mol. The standard InChI is InChI=1S/C10H18O2S2/c1-12-10(11)5-3-2-4-9-6-7-13-8-14-9/h9H,2-8H2,1H3/t9-/m1/s1. The van der Waals surface area contributed by atoms with Crippen molar-refractivity contribution in [3.63, 3.8) is 0 Å². The minimum Gasteiger partial charge on any atom is -0.469 e. The van der Waals surface area contributed by atoms with Crippen LogP contribution in [0.5, 0.6) is 0 Å². The van der Waals surface area contributed by atoms with E-state index in [4.69, 9.17) is 0 Å². The zero-order valence-electron chi connectivity index (χ0n) is 8.66. The smallest absolute Gasteiger partial charge is 0.305 e.